The predicted octanol–water partition coefficient (Wildman–Crippen LogP) is 2.59. The van der Waals surface area contributed by atoms with E-state index in [1.165, 1.54) is 11.1 Å². The number of nitrogens with two attached hydrogens (primary N) is 1. The first-order valence-corrected chi connectivity index (χ1v) is 7.50. The Bertz CT molecular complexity index is 572. The summed E-state index contributed by atoms with van der Waals surface area (Å²) in [7, 11) is 0. The topological polar surface area (TPSA) is 66.0 Å². The SMILES string of the molecule is Cc1cc(C(C)NC2=NC(N)=NC(C)N2S)ccc1Br. The fourth-order valence-electron chi connectivity index (χ4n) is 1.92. The maximum absolute atomic E-state index is 5.69. The first kappa shape index (κ1) is 15.2. The zero-order chi connectivity index (χ0) is 14.9. The van der Waals surface area contributed by atoms with Gasteiger partial charge in [0.2, 0.25) is 11.9 Å². The van der Waals surface area contributed by atoms with Crippen LogP contribution in [-0.4, -0.2) is 22.4 Å². The summed E-state index contributed by atoms with van der Waals surface area (Å²) in [6.07, 6.45) is -0.141. The molecule has 0 spiro atoms. The molecule has 1 aliphatic heterocycles. The zero-order valence-electron chi connectivity index (χ0n) is 11.6. The van der Waals surface area contributed by atoms with Gasteiger partial charge in [0.1, 0.15) is 6.17 Å². The molecule has 0 saturated heterocycles. The van der Waals surface area contributed by atoms with Crippen LogP contribution in [0.4, 0.5) is 0 Å². The van der Waals surface area contributed by atoms with E-state index in [1.54, 1.807) is 4.31 Å². The van der Waals surface area contributed by atoms with E-state index in [1.807, 2.05) is 13.0 Å². The molecule has 3 N–H and O–H groups in total. The highest BCUT2D eigenvalue weighted by atomic mass is 79.9. The summed E-state index contributed by atoms with van der Waals surface area (Å²) in [6.45, 7) is 6.04. The predicted molar refractivity (Wildman–Crippen MR) is 89.8 cm³/mol. The molecule has 5 nitrogen and oxygen atoms in total. The van der Waals surface area contributed by atoms with Gasteiger partial charge in [-0.05, 0) is 38.0 Å². The number of thiol groups is 1. The number of benzene rings is 1. The van der Waals surface area contributed by atoms with Crippen molar-refractivity contribution in [2.24, 2.45) is 15.7 Å². The number of halogens is 1. The summed E-state index contributed by atoms with van der Waals surface area (Å²) in [5, 5.41) is 3.32. The molecule has 1 aromatic carbocycles. The van der Waals surface area contributed by atoms with Crippen LogP contribution in [0.15, 0.2) is 32.7 Å². The summed E-state index contributed by atoms with van der Waals surface area (Å²) in [5.74, 6) is 0.880. The Kier molecular flexibility index (Phi) is 4.59. The molecule has 0 aliphatic carbocycles. The molecule has 7 heteroatoms. The van der Waals surface area contributed by atoms with Gasteiger partial charge in [-0.1, -0.05) is 40.9 Å². The number of nitrogens with zero attached hydrogens (tertiary/aromatic N) is 3. The number of hydrogen-bond acceptors (Lipinski definition) is 6. The molecule has 0 aromatic heterocycles. The summed E-state index contributed by atoms with van der Waals surface area (Å²) < 4.78 is 2.77. The van der Waals surface area contributed by atoms with Crippen LogP contribution in [0.25, 0.3) is 0 Å². The number of hydrogen-bond donors (Lipinski definition) is 3. The maximum Gasteiger partial charge on any atom is 0.220 e. The van der Waals surface area contributed by atoms with Gasteiger partial charge in [0.15, 0.2) is 0 Å². The van der Waals surface area contributed by atoms with Gasteiger partial charge in [0.05, 0.1) is 6.04 Å². The van der Waals surface area contributed by atoms with Gasteiger partial charge in [-0.25, -0.2) is 4.99 Å². The molecule has 2 rings (SSSR count). The lowest BCUT2D eigenvalue weighted by Crippen LogP contribution is -2.45. The minimum atomic E-state index is -0.141. The van der Waals surface area contributed by atoms with Crippen LogP contribution in [0, 0.1) is 6.92 Å². The molecule has 1 aliphatic rings. The third kappa shape index (κ3) is 3.27. The Balaban J connectivity index is 2.17. The Labute approximate surface area is 133 Å². The molecule has 0 amide bonds. The number of aryl methyl sites for hydroxylation is 1. The quantitative estimate of drug-likeness (QED) is 0.714. The molecule has 20 heavy (non-hydrogen) atoms. The van der Waals surface area contributed by atoms with Crippen LogP contribution in [-0.2, 0) is 0 Å². The number of rotatable bonds is 2. The van der Waals surface area contributed by atoms with Gasteiger partial charge in [0, 0.05) is 4.47 Å². The van der Waals surface area contributed by atoms with Crippen molar-refractivity contribution in [1.29, 1.82) is 0 Å². The molecular formula is C13H18BrN5S. The normalized spacial score (nSPS) is 20.2. The van der Waals surface area contributed by atoms with E-state index in [0.29, 0.717) is 5.96 Å². The van der Waals surface area contributed by atoms with Crippen LogP contribution in [0.5, 0.6) is 0 Å². The number of nitrogens with one attached hydrogen (secondary N) is 1. The van der Waals surface area contributed by atoms with Crippen molar-refractivity contribution in [3.05, 3.63) is 33.8 Å². The van der Waals surface area contributed by atoms with Crippen LogP contribution in [0.3, 0.4) is 0 Å². The van der Waals surface area contributed by atoms with Gasteiger partial charge in [0.25, 0.3) is 0 Å². The first-order chi connectivity index (χ1) is 9.38. The van der Waals surface area contributed by atoms with Gasteiger partial charge >= 0.3 is 0 Å². The van der Waals surface area contributed by atoms with Crippen molar-refractivity contribution in [3.63, 3.8) is 0 Å². The average molecular weight is 356 g/mol. The minimum Gasteiger partial charge on any atom is -0.368 e. The second-order valence-electron chi connectivity index (χ2n) is 4.77. The van der Waals surface area contributed by atoms with Crippen molar-refractivity contribution < 1.29 is 0 Å². The first-order valence-electron chi connectivity index (χ1n) is 6.31. The van der Waals surface area contributed by atoms with Crippen molar-refractivity contribution >= 4 is 40.7 Å². The molecule has 2 atom stereocenters. The lowest BCUT2D eigenvalue weighted by Gasteiger charge is -2.29. The lowest BCUT2D eigenvalue weighted by atomic mass is 10.1. The molecule has 1 heterocycles. The van der Waals surface area contributed by atoms with Gasteiger partial charge in [-0.3, -0.25) is 4.31 Å². The van der Waals surface area contributed by atoms with Crippen LogP contribution < -0.4 is 11.1 Å². The Morgan fingerprint density at radius 1 is 1.50 bits per heavy atom. The fraction of sp³-hybridized carbons (Fsp3) is 0.385. The molecular weight excluding hydrogens is 338 g/mol. The second kappa shape index (κ2) is 6.05. The van der Waals surface area contributed by atoms with E-state index in [4.69, 9.17) is 5.73 Å². The highest BCUT2D eigenvalue weighted by molar-refractivity contribution is 9.10. The summed E-state index contributed by atoms with van der Waals surface area (Å²) >= 11 is 7.89. The van der Waals surface area contributed by atoms with E-state index < -0.39 is 0 Å². The van der Waals surface area contributed by atoms with Gasteiger partial charge in [-0.2, -0.15) is 4.99 Å². The van der Waals surface area contributed by atoms with Gasteiger partial charge < -0.3 is 11.1 Å². The van der Waals surface area contributed by atoms with E-state index >= 15 is 0 Å². The third-order valence-corrected chi connectivity index (χ3v) is 4.55. The molecule has 0 saturated carbocycles. The lowest BCUT2D eigenvalue weighted by molar-refractivity contribution is 0.496. The van der Waals surface area contributed by atoms with Crippen LogP contribution in [0.2, 0.25) is 0 Å². The molecule has 1 aromatic rings. The summed E-state index contributed by atoms with van der Waals surface area (Å²) in [4.78, 5) is 8.32. The fourth-order valence-corrected chi connectivity index (χ4v) is 2.33. The Hall–Kier alpha value is -1.21. The van der Waals surface area contributed by atoms with E-state index in [-0.39, 0.29) is 18.2 Å². The third-order valence-electron chi connectivity index (χ3n) is 3.14. The van der Waals surface area contributed by atoms with E-state index in [9.17, 15) is 0 Å². The molecule has 0 bridgehead atoms. The van der Waals surface area contributed by atoms with E-state index in [2.05, 4.69) is 70.0 Å². The Morgan fingerprint density at radius 2 is 2.20 bits per heavy atom. The van der Waals surface area contributed by atoms with Gasteiger partial charge in [-0.15, -0.1) is 0 Å². The molecule has 0 fully saturated rings. The monoisotopic (exact) mass is 355 g/mol. The summed E-state index contributed by atoms with van der Waals surface area (Å²) in [6, 6.07) is 6.34. The van der Waals surface area contributed by atoms with Crippen molar-refractivity contribution in [3.8, 4) is 0 Å². The Morgan fingerprint density at radius 3 is 2.85 bits per heavy atom. The minimum absolute atomic E-state index is 0.0910. The number of aliphatic imine (C=N–C) groups is 2. The van der Waals surface area contributed by atoms with Crippen LogP contribution in [0.1, 0.15) is 31.0 Å². The largest absolute Gasteiger partial charge is 0.368 e. The van der Waals surface area contributed by atoms with Crippen LogP contribution >= 0.6 is 28.7 Å². The van der Waals surface area contributed by atoms with Crippen molar-refractivity contribution in [2.75, 3.05) is 0 Å². The molecule has 0 radical (unpaired) electrons. The standard InChI is InChI=1S/C13H18BrN5S/c1-7-6-10(4-5-11(7)14)8(2)16-13-18-12(15)17-9(3)19(13)20/h4-6,8-9,20H,1-3H3,(H3,15,16,17,18). The molecule has 108 valence electrons. The van der Waals surface area contributed by atoms with Crippen molar-refractivity contribution in [2.45, 2.75) is 33.0 Å². The highest BCUT2D eigenvalue weighted by Crippen LogP contribution is 2.22. The average Bonchev–Trinajstić information content (AvgIpc) is 2.38. The zero-order valence-corrected chi connectivity index (χ0v) is 14.1. The number of guanidine groups is 2. The summed E-state index contributed by atoms with van der Waals surface area (Å²) in [5.41, 5.74) is 8.06. The smallest absolute Gasteiger partial charge is 0.220 e. The molecule has 2 unspecified atom stereocenters. The van der Waals surface area contributed by atoms with Crippen molar-refractivity contribution in [1.82, 2.24) is 9.62 Å². The highest BCUT2D eigenvalue weighted by Gasteiger charge is 2.21. The second-order valence-corrected chi connectivity index (χ2v) is 6.06. The van der Waals surface area contributed by atoms with E-state index in [0.717, 1.165) is 4.47 Å². The maximum atomic E-state index is 5.69.